The lowest BCUT2D eigenvalue weighted by Gasteiger charge is -2.22. The summed E-state index contributed by atoms with van der Waals surface area (Å²) in [5.41, 5.74) is 0. The van der Waals surface area contributed by atoms with Crippen molar-refractivity contribution in [2.75, 3.05) is 0 Å². The molecular weight excluding hydrogens is 188 g/mol. The summed E-state index contributed by atoms with van der Waals surface area (Å²) in [6, 6.07) is 0. The van der Waals surface area contributed by atoms with Crippen LogP contribution in [0.5, 0.6) is 0 Å². The van der Waals surface area contributed by atoms with E-state index in [9.17, 15) is 9.90 Å². The number of hydrogen-bond donors (Lipinski definition) is 2. The molecule has 0 aromatic carbocycles. The normalized spacial score (nSPS) is 35.2. The molecule has 0 aromatic rings. The van der Waals surface area contributed by atoms with Crippen molar-refractivity contribution in [3.8, 4) is 0 Å². The number of rotatable bonds is 3. The summed E-state index contributed by atoms with van der Waals surface area (Å²) in [6.45, 7) is 4.73. The number of carbonyl (C=O) groups excluding carboxylic acids is 1. The average Bonchev–Trinajstić information content (AvgIpc) is 2.39. The van der Waals surface area contributed by atoms with Crippen molar-refractivity contribution in [1.29, 1.82) is 0 Å². The van der Waals surface area contributed by atoms with E-state index >= 15 is 0 Å². The van der Waals surface area contributed by atoms with Crippen molar-refractivity contribution in [2.45, 2.75) is 51.0 Å². The molecule has 1 fully saturated rings. The molecule has 0 spiro atoms. The predicted octanol–water partition coefficient (Wildman–Crippen LogP) is -0.553. The highest BCUT2D eigenvalue weighted by Gasteiger charge is 2.45. The van der Waals surface area contributed by atoms with Crippen molar-refractivity contribution < 1.29 is 24.5 Å². The van der Waals surface area contributed by atoms with E-state index < -0.39 is 30.2 Å². The Balaban J connectivity index is 2.73. The first-order valence-electron chi connectivity index (χ1n) is 4.54. The maximum absolute atomic E-state index is 10.6. The third-order valence-corrected chi connectivity index (χ3v) is 2.13. The maximum atomic E-state index is 10.6. The van der Waals surface area contributed by atoms with Crippen LogP contribution in [0.3, 0.4) is 0 Å². The van der Waals surface area contributed by atoms with E-state index in [-0.39, 0.29) is 0 Å². The molecule has 0 amide bonds. The molecule has 1 saturated heterocycles. The molecule has 14 heavy (non-hydrogen) atoms. The Bertz CT molecular complexity index is 213. The molecule has 1 heterocycles. The van der Waals surface area contributed by atoms with E-state index in [0.29, 0.717) is 6.29 Å². The largest absolute Gasteiger partial charge is 0.391 e. The van der Waals surface area contributed by atoms with Gasteiger partial charge in [0.1, 0.15) is 18.3 Å². The van der Waals surface area contributed by atoms with Crippen LogP contribution in [-0.2, 0) is 14.3 Å². The van der Waals surface area contributed by atoms with Crippen LogP contribution in [0.1, 0.15) is 20.8 Å². The molecular formula is C9H16O5. The highest BCUT2D eigenvalue weighted by molar-refractivity contribution is 5.58. The molecule has 1 aliphatic rings. The van der Waals surface area contributed by atoms with E-state index in [1.165, 1.54) is 6.92 Å². The fourth-order valence-electron chi connectivity index (χ4n) is 1.46. The first kappa shape index (κ1) is 11.6. The Morgan fingerprint density at radius 1 is 1.36 bits per heavy atom. The fourth-order valence-corrected chi connectivity index (χ4v) is 1.46. The number of aliphatic hydroxyl groups is 2. The van der Waals surface area contributed by atoms with Gasteiger partial charge in [-0.1, -0.05) is 0 Å². The van der Waals surface area contributed by atoms with Gasteiger partial charge in [-0.15, -0.1) is 0 Å². The van der Waals surface area contributed by atoms with Gasteiger partial charge in [0.2, 0.25) is 0 Å². The predicted molar refractivity (Wildman–Crippen MR) is 47.6 cm³/mol. The van der Waals surface area contributed by atoms with E-state index in [4.69, 9.17) is 14.6 Å². The second-order valence-corrected chi connectivity index (χ2v) is 3.93. The third-order valence-electron chi connectivity index (χ3n) is 2.13. The zero-order valence-corrected chi connectivity index (χ0v) is 8.51. The molecule has 0 saturated carbocycles. The summed E-state index contributed by atoms with van der Waals surface area (Å²) in [4.78, 5) is 10.6. The molecule has 0 aliphatic carbocycles. The van der Waals surface area contributed by atoms with Gasteiger partial charge in [0, 0.05) is 0 Å². The van der Waals surface area contributed by atoms with Crippen LogP contribution in [0, 0.1) is 0 Å². The van der Waals surface area contributed by atoms with Crippen molar-refractivity contribution >= 4 is 6.29 Å². The van der Waals surface area contributed by atoms with Gasteiger partial charge in [-0.25, -0.2) is 0 Å². The number of carbonyl (C=O) groups is 1. The van der Waals surface area contributed by atoms with Crippen molar-refractivity contribution in [2.24, 2.45) is 0 Å². The number of aldehydes is 1. The van der Waals surface area contributed by atoms with Gasteiger partial charge in [-0.2, -0.15) is 0 Å². The summed E-state index contributed by atoms with van der Waals surface area (Å²) in [6.07, 6.45) is -3.13. The van der Waals surface area contributed by atoms with Gasteiger partial charge in [0.25, 0.3) is 0 Å². The van der Waals surface area contributed by atoms with Crippen LogP contribution in [0.25, 0.3) is 0 Å². The van der Waals surface area contributed by atoms with Gasteiger partial charge < -0.3 is 24.5 Å². The van der Waals surface area contributed by atoms with E-state index in [0.717, 1.165) is 0 Å². The van der Waals surface area contributed by atoms with Gasteiger partial charge >= 0.3 is 0 Å². The molecule has 82 valence electrons. The summed E-state index contributed by atoms with van der Waals surface area (Å²) in [5, 5.41) is 18.7. The Kier molecular flexibility index (Phi) is 3.26. The zero-order valence-electron chi connectivity index (χ0n) is 8.51. The Hall–Kier alpha value is -0.490. The lowest BCUT2D eigenvalue weighted by atomic mass is 10.1. The first-order valence-corrected chi connectivity index (χ1v) is 4.54. The highest BCUT2D eigenvalue weighted by Crippen LogP contribution is 2.29. The summed E-state index contributed by atoms with van der Waals surface area (Å²) in [5.74, 6) is -0.897. The second-order valence-electron chi connectivity index (χ2n) is 3.93. The maximum Gasteiger partial charge on any atom is 0.164 e. The smallest absolute Gasteiger partial charge is 0.164 e. The van der Waals surface area contributed by atoms with Crippen LogP contribution in [0.15, 0.2) is 0 Å². The Labute approximate surface area is 82.6 Å². The molecule has 5 heteroatoms. The lowest BCUT2D eigenvalue weighted by Crippen LogP contribution is -2.42. The standard InChI is InChI=1S/C9H16O5/c1-5(11)7(12)8-6(4-10)13-9(2,3)14-8/h4-8,11-12H,1-3H3/t5-,6-,7-,8-/m0/s1. The van der Waals surface area contributed by atoms with Gasteiger partial charge in [-0.3, -0.25) is 0 Å². The first-order chi connectivity index (χ1) is 6.37. The number of ether oxygens (including phenoxy) is 2. The Morgan fingerprint density at radius 3 is 2.36 bits per heavy atom. The molecule has 2 N–H and O–H groups in total. The van der Waals surface area contributed by atoms with Crippen LogP contribution in [-0.4, -0.2) is 46.7 Å². The van der Waals surface area contributed by atoms with Crippen LogP contribution in [0.2, 0.25) is 0 Å². The third kappa shape index (κ3) is 2.30. The monoisotopic (exact) mass is 204 g/mol. The van der Waals surface area contributed by atoms with Crippen molar-refractivity contribution in [1.82, 2.24) is 0 Å². The SMILES string of the molecule is C[C@H](O)[C@H](O)[C@H]1OC(C)(C)O[C@H]1C=O. The van der Waals surface area contributed by atoms with Gasteiger partial charge in [0.05, 0.1) is 6.10 Å². The van der Waals surface area contributed by atoms with Gasteiger partial charge in [-0.05, 0) is 20.8 Å². The summed E-state index contributed by atoms with van der Waals surface area (Å²) < 4.78 is 10.5. The topological polar surface area (TPSA) is 76.0 Å². The molecule has 0 radical (unpaired) electrons. The van der Waals surface area contributed by atoms with Crippen molar-refractivity contribution in [3.63, 3.8) is 0 Å². The molecule has 0 unspecified atom stereocenters. The minimum absolute atomic E-state index is 0.574. The fraction of sp³-hybridized carbons (Fsp3) is 0.889. The van der Waals surface area contributed by atoms with Crippen molar-refractivity contribution in [3.05, 3.63) is 0 Å². The van der Waals surface area contributed by atoms with Crippen LogP contribution >= 0.6 is 0 Å². The molecule has 1 aliphatic heterocycles. The van der Waals surface area contributed by atoms with E-state index in [1.807, 2.05) is 0 Å². The van der Waals surface area contributed by atoms with E-state index in [2.05, 4.69) is 0 Å². The summed E-state index contributed by atoms with van der Waals surface area (Å²) in [7, 11) is 0. The lowest BCUT2D eigenvalue weighted by molar-refractivity contribution is -0.162. The number of hydrogen-bond acceptors (Lipinski definition) is 5. The number of aliphatic hydroxyl groups excluding tert-OH is 2. The molecule has 0 aromatic heterocycles. The summed E-state index contributed by atoms with van der Waals surface area (Å²) >= 11 is 0. The minimum atomic E-state index is -1.12. The van der Waals surface area contributed by atoms with Crippen LogP contribution in [0.4, 0.5) is 0 Å². The quantitative estimate of drug-likeness (QED) is 0.603. The molecule has 0 bridgehead atoms. The highest BCUT2D eigenvalue weighted by atomic mass is 16.8. The molecule has 1 rings (SSSR count). The van der Waals surface area contributed by atoms with Gasteiger partial charge in [0.15, 0.2) is 12.1 Å². The molecule has 5 nitrogen and oxygen atoms in total. The zero-order chi connectivity index (χ0) is 10.9. The second kappa shape index (κ2) is 3.94. The molecule has 4 atom stereocenters. The van der Waals surface area contributed by atoms with Crippen LogP contribution < -0.4 is 0 Å². The average molecular weight is 204 g/mol. The minimum Gasteiger partial charge on any atom is -0.391 e. The van der Waals surface area contributed by atoms with E-state index in [1.54, 1.807) is 13.8 Å². The Morgan fingerprint density at radius 2 is 1.93 bits per heavy atom.